The largest absolute Gasteiger partial charge is 0.480 e. The van der Waals surface area contributed by atoms with Gasteiger partial charge in [-0.25, -0.2) is 9.59 Å². The monoisotopic (exact) mass is 550 g/mol. The van der Waals surface area contributed by atoms with Crippen molar-refractivity contribution in [3.63, 3.8) is 0 Å². The maximum Gasteiger partial charge on any atom is 0.408 e. The fourth-order valence-corrected chi connectivity index (χ4v) is 5.11. The van der Waals surface area contributed by atoms with Crippen molar-refractivity contribution in [2.45, 2.75) is 82.6 Å². The number of carbonyl (C=O) groups is 3. The number of allylic oxidation sites excluding steroid dienone is 1. The number of carboxylic acid groups (broad SMARTS) is 1. The van der Waals surface area contributed by atoms with E-state index in [2.05, 4.69) is 48.3 Å². The first kappa shape index (κ1) is 30.9. The fourth-order valence-electron chi connectivity index (χ4n) is 5.11. The maximum atomic E-state index is 13.9. The van der Waals surface area contributed by atoms with Gasteiger partial charge >= 0.3 is 12.1 Å². The highest BCUT2D eigenvalue weighted by Gasteiger charge is 2.43. The predicted octanol–water partition coefficient (Wildman–Crippen LogP) is 5.78. The number of nitrogens with zero attached hydrogens (tertiary/aromatic N) is 1. The smallest absolute Gasteiger partial charge is 0.408 e. The van der Waals surface area contributed by atoms with Gasteiger partial charge in [0.1, 0.15) is 17.7 Å². The van der Waals surface area contributed by atoms with Crippen LogP contribution in [0.5, 0.6) is 0 Å². The van der Waals surface area contributed by atoms with Crippen LogP contribution >= 0.6 is 0 Å². The van der Waals surface area contributed by atoms with E-state index in [-0.39, 0.29) is 25.0 Å². The average Bonchev–Trinajstić information content (AvgIpc) is 3.36. The number of unbranched alkanes of at least 4 members (excludes halogenated alkanes) is 1. The Morgan fingerprint density at radius 3 is 2.33 bits per heavy atom. The van der Waals surface area contributed by atoms with E-state index in [4.69, 9.17) is 9.47 Å². The Bertz CT molecular complexity index is 1140. The number of amides is 2. The van der Waals surface area contributed by atoms with E-state index in [0.717, 1.165) is 36.0 Å². The minimum absolute atomic E-state index is 0.0715. The molecule has 2 aromatic rings. The molecule has 4 atom stereocenters. The molecule has 2 N–H and O–H groups in total. The number of hydrogen-bond donors (Lipinski definition) is 2. The summed E-state index contributed by atoms with van der Waals surface area (Å²) in [4.78, 5) is 40.0. The van der Waals surface area contributed by atoms with Gasteiger partial charge in [0.05, 0.1) is 6.10 Å². The van der Waals surface area contributed by atoms with Crippen LogP contribution in [-0.4, -0.2) is 65.4 Å². The molecule has 2 amide bonds. The van der Waals surface area contributed by atoms with E-state index in [1.807, 2.05) is 24.3 Å². The van der Waals surface area contributed by atoms with Crippen LogP contribution in [0.25, 0.3) is 11.1 Å². The second-order valence-corrected chi connectivity index (χ2v) is 11.3. The first-order valence-corrected chi connectivity index (χ1v) is 13.8. The molecule has 0 radical (unpaired) electrons. The summed E-state index contributed by atoms with van der Waals surface area (Å²) in [5.74, 6) is -1.62. The van der Waals surface area contributed by atoms with E-state index >= 15 is 0 Å². The summed E-state index contributed by atoms with van der Waals surface area (Å²) < 4.78 is 10.9. The minimum atomic E-state index is -1.09. The van der Waals surface area contributed by atoms with Crippen molar-refractivity contribution in [3.8, 4) is 11.1 Å². The summed E-state index contributed by atoms with van der Waals surface area (Å²) in [7, 11) is 1.50. The third-order valence-corrected chi connectivity index (χ3v) is 7.12. The molecule has 3 rings (SSSR count). The molecule has 216 valence electrons. The van der Waals surface area contributed by atoms with Crippen LogP contribution < -0.4 is 5.32 Å². The van der Waals surface area contributed by atoms with Gasteiger partial charge < -0.3 is 24.8 Å². The number of hydrogen-bond acceptors (Lipinski definition) is 5. The van der Waals surface area contributed by atoms with Crippen LogP contribution in [0, 0.1) is 0 Å². The van der Waals surface area contributed by atoms with Crippen LogP contribution in [-0.2, 0) is 19.1 Å². The van der Waals surface area contributed by atoms with Gasteiger partial charge in [-0.1, -0.05) is 60.7 Å². The second kappa shape index (κ2) is 14.1. The van der Waals surface area contributed by atoms with Crippen LogP contribution in [0.3, 0.4) is 0 Å². The molecular formula is C32H42N2O6. The van der Waals surface area contributed by atoms with Crippen molar-refractivity contribution in [2.75, 3.05) is 13.7 Å². The number of benzene rings is 2. The molecule has 8 heteroatoms. The summed E-state index contributed by atoms with van der Waals surface area (Å²) in [6.07, 6.45) is 3.68. The molecule has 0 aliphatic carbocycles. The zero-order valence-corrected chi connectivity index (χ0v) is 24.0. The fraction of sp³-hybridized carbons (Fsp3) is 0.469. The summed E-state index contributed by atoms with van der Waals surface area (Å²) in [6.45, 7) is 9.22. The third kappa shape index (κ3) is 8.68. The Hall–Kier alpha value is -3.65. The molecule has 0 aromatic heterocycles. The van der Waals surface area contributed by atoms with Crippen LogP contribution in [0.4, 0.5) is 4.79 Å². The van der Waals surface area contributed by atoms with Crippen molar-refractivity contribution in [1.29, 1.82) is 0 Å². The number of nitrogens with one attached hydrogen (secondary N) is 1. The standard InChI is InChI=1S/C32H42N2O6/c1-6-7-9-14-25(24-17-15-23(16-18-24)22-12-10-8-11-13-22)19-27(33-31(38)40-32(2,3)4)29(35)34-21-26(39-5)20-28(34)30(36)37/h6,8,10-13,15-18,25-28H,1,7,9,14,19-21H2,2-5H3,(H,33,38)(H,36,37)/t25-,26?,27+,28?/m1/s1. The number of alkyl carbamates (subject to hydrolysis) is 1. The molecule has 2 aromatic carbocycles. The van der Waals surface area contributed by atoms with Gasteiger partial charge in [0.2, 0.25) is 5.91 Å². The third-order valence-electron chi connectivity index (χ3n) is 7.12. The normalized spacial score (nSPS) is 18.6. The van der Waals surface area contributed by atoms with Crippen molar-refractivity contribution in [1.82, 2.24) is 10.2 Å². The number of aliphatic carboxylic acids is 1. The minimum Gasteiger partial charge on any atom is -0.480 e. The lowest BCUT2D eigenvalue weighted by Gasteiger charge is -2.30. The second-order valence-electron chi connectivity index (χ2n) is 11.3. The summed E-state index contributed by atoms with van der Waals surface area (Å²) in [5.41, 5.74) is 2.48. The van der Waals surface area contributed by atoms with Crippen LogP contribution in [0.2, 0.25) is 0 Å². The van der Waals surface area contributed by atoms with Crippen molar-refractivity contribution in [3.05, 3.63) is 72.8 Å². The lowest BCUT2D eigenvalue weighted by molar-refractivity contribution is -0.149. The Kier molecular flexibility index (Phi) is 10.9. The number of carbonyl (C=O) groups excluding carboxylic acids is 2. The highest BCUT2D eigenvalue weighted by Crippen LogP contribution is 2.31. The highest BCUT2D eigenvalue weighted by atomic mass is 16.6. The number of likely N-dealkylation sites (tertiary alicyclic amines) is 1. The molecule has 1 fully saturated rings. The van der Waals surface area contributed by atoms with Crippen LogP contribution in [0.1, 0.15) is 64.4 Å². The van der Waals surface area contributed by atoms with Gasteiger partial charge in [0.25, 0.3) is 0 Å². The summed E-state index contributed by atoms with van der Waals surface area (Å²) in [6, 6.07) is 16.3. The zero-order valence-electron chi connectivity index (χ0n) is 24.0. The molecule has 1 saturated heterocycles. The lowest BCUT2D eigenvalue weighted by Crippen LogP contribution is -2.53. The number of carboxylic acids is 1. The number of rotatable bonds is 12. The average molecular weight is 551 g/mol. The quantitative estimate of drug-likeness (QED) is 0.257. The molecular weight excluding hydrogens is 508 g/mol. The molecule has 0 saturated carbocycles. The molecule has 0 spiro atoms. The summed E-state index contributed by atoms with van der Waals surface area (Å²) >= 11 is 0. The Morgan fingerprint density at radius 2 is 1.75 bits per heavy atom. The molecule has 1 aliphatic rings. The van der Waals surface area contributed by atoms with Crippen molar-refractivity contribution >= 4 is 18.0 Å². The zero-order chi connectivity index (χ0) is 29.3. The molecule has 8 nitrogen and oxygen atoms in total. The van der Waals surface area contributed by atoms with Crippen molar-refractivity contribution in [2.24, 2.45) is 0 Å². The maximum absolute atomic E-state index is 13.9. The summed E-state index contributed by atoms with van der Waals surface area (Å²) in [5, 5.41) is 12.6. The molecule has 40 heavy (non-hydrogen) atoms. The van der Waals surface area contributed by atoms with E-state index < -0.39 is 35.7 Å². The topological polar surface area (TPSA) is 105 Å². The number of ether oxygens (including phenoxy) is 2. The number of methoxy groups -OCH3 is 1. The lowest BCUT2D eigenvalue weighted by atomic mass is 9.86. The molecule has 0 bridgehead atoms. The van der Waals surface area contributed by atoms with E-state index in [9.17, 15) is 19.5 Å². The van der Waals surface area contributed by atoms with Crippen molar-refractivity contribution < 1.29 is 29.0 Å². The highest BCUT2D eigenvalue weighted by molar-refractivity contribution is 5.90. The van der Waals surface area contributed by atoms with Gasteiger partial charge in [-0.3, -0.25) is 4.79 Å². The first-order chi connectivity index (χ1) is 19.0. The van der Waals surface area contributed by atoms with Gasteiger partial charge in [0, 0.05) is 20.1 Å². The SMILES string of the molecule is C=CCCC[C@H](C[C@H](NC(=O)OC(C)(C)C)C(=O)N1CC(OC)CC1C(=O)O)c1ccc(-c2ccccc2)cc1. The van der Waals surface area contributed by atoms with Gasteiger partial charge in [-0.15, -0.1) is 6.58 Å². The Labute approximate surface area is 237 Å². The van der Waals surface area contributed by atoms with Gasteiger partial charge in [-0.2, -0.15) is 0 Å². The van der Waals surface area contributed by atoms with Gasteiger partial charge in [-0.05, 0) is 69.1 Å². The molecule has 2 unspecified atom stereocenters. The van der Waals surface area contributed by atoms with E-state index in [0.29, 0.717) is 6.42 Å². The molecule has 1 aliphatic heterocycles. The van der Waals surface area contributed by atoms with E-state index in [1.54, 1.807) is 20.8 Å². The van der Waals surface area contributed by atoms with Gasteiger partial charge in [0.15, 0.2) is 0 Å². The molecule has 1 heterocycles. The predicted molar refractivity (Wildman–Crippen MR) is 155 cm³/mol. The van der Waals surface area contributed by atoms with E-state index in [1.165, 1.54) is 12.0 Å². The first-order valence-electron chi connectivity index (χ1n) is 13.8. The Morgan fingerprint density at radius 1 is 1.10 bits per heavy atom. The Balaban J connectivity index is 1.91. The van der Waals surface area contributed by atoms with Crippen LogP contribution in [0.15, 0.2) is 67.3 Å².